The van der Waals surface area contributed by atoms with Gasteiger partial charge in [-0.3, -0.25) is 0 Å². The van der Waals surface area contributed by atoms with Crippen LogP contribution in [0.15, 0.2) is 6.20 Å². The zero-order valence-corrected chi connectivity index (χ0v) is 12.6. The van der Waals surface area contributed by atoms with Crippen LogP contribution < -0.4 is 15.0 Å². The molecule has 0 amide bonds. The van der Waals surface area contributed by atoms with E-state index in [0.717, 1.165) is 32.0 Å². The van der Waals surface area contributed by atoms with Gasteiger partial charge >= 0.3 is 6.01 Å². The van der Waals surface area contributed by atoms with Crippen LogP contribution in [0.5, 0.6) is 6.01 Å². The lowest BCUT2D eigenvalue weighted by atomic mass is 9.74. The summed E-state index contributed by atoms with van der Waals surface area (Å²) in [5, 5.41) is 4.14. The van der Waals surface area contributed by atoms with Gasteiger partial charge in [0.05, 0.1) is 13.3 Å². The maximum absolute atomic E-state index is 6.28. The number of methoxy groups -OCH3 is 1. The second-order valence-electron chi connectivity index (χ2n) is 5.83. The maximum atomic E-state index is 6.28. The van der Waals surface area contributed by atoms with Gasteiger partial charge in [0.1, 0.15) is 5.02 Å². The summed E-state index contributed by atoms with van der Waals surface area (Å²) in [5.74, 6) is 0.808. The number of piperidine rings is 2. The summed E-state index contributed by atoms with van der Waals surface area (Å²) in [6.07, 6.45) is 6.65. The van der Waals surface area contributed by atoms with Gasteiger partial charge < -0.3 is 15.0 Å². The highest BCUT2D eigenvalue weighted by Crippen LogP contribution is 2.38. The van der Waals surface area contributed by atoms with E-state index < -0.39 is 0 Å². The number of halogens is 1. The predicted molar refractivity (Wildman–Crippen MR) is 79.6 cm³/mol. The number of rotatable bonds is 2. The van der Waals surface area contributed by atoms with Crippen molar-refractivity contribution in [3.05, 3.63) is 11.2 Å². The second kappa shape index (κ2) is 5.74. The Bertz CT molecular complexity index is 471. The molecule has 1 aromatic heterocycles. The quantitative estimate of drug-likeness (QED) is 0.906. The Kier molecular flexibility index (Phi) is 3.98. The SMILES string of the molecule is COc1ncc(Cl)c(N2CCCC3(CCCNC3)C2)n1. The summed E-state index contributed by atoms with van der Waals surface area (Å²) in [6, 6.07) is 0.380. The molecule has 1 N–H and O–H groups in total. The third-order valence-corrected chi connectivity index (χ3v) is 4.67. The average Bonchev–Trinajstić information content (AvgIpc) is 2.48. The zero-order valence-electron chi connectivity index (χ0n) is 11.9. The third kappa shape index (κ3) is 2.69. The second-order valence-corrected chi connectivity index (χ2v) is 6.24. The lowest BCUT2D eigenvalue weighted by Crippen LogP contribution is -2.51. The van der Waals surface area contributed by atoms with E-state index in [1.165, 1.54) is 25.7 Å². The Morgan fingerprint density at radius 1 is 1.40 bits per heavy atom. The number of anilines is 1. The van der Waals surface area contributed by atoms with E-state index in [1.54, 1.807) is 13.3 Å². The van der Waals surface area contributed by atoms with Gasteiger partial charge in [-0.05, 0) is 32.2 Å². The fourth-order valence-corrected chi connectivity index (χ4v) is 3.64. The van der Waals surface area contributed by atoms with E-state index in [9.17, 15) is 0 Å². The molecule has 2 aliphatic heterocycles. The molecule has 5 nitrogen and oxygen atoms in total. The van der Waals surface area contributed by atoms with Crippen LogP contribution >= 0.6 is 11.6 Å². The van der Waals surface area contributed by atoms with Crippen molar-refractivity contribution in [1.29, 1.82) is 0 Å². The molecule has 20 heavy (non-hydrogen) atoms. The number of nitrogens with zero attached hydrogens (tertiary/aromatic N) is 3. The Morgan fingerprint density at radius 3 is 3.00 bits per heavy atom. The highest BCUT2D eigenvalue weighted by Gasteiger charge is 2.37. The van der Waals surface area contributed by atoms with Crippen LogP contribution in [-0.2, 0) is 0 Å². The molecule has 1 atom stereocenters. The maximum Gasteiger partial charge on any atom is 0.318 e. The smallest absolute Gasteiger partial charge is 0.318 e. The first-order valence-corrected chi connectivity index (χ1v) is 7.62. The molecule has 1 unspecified atom stereocenters. The minimum atomic E-state index is 0.373. The summed E-state index contributed by atoms with van der Waals surface area (Å²) in [4.78, 5) is 10.8. The molecular weight excluding hydrogens is 276 g/mol. The third-order valence-electron chi connectivity index (χ3n) is 4.41. The molecule has 3 heterocycles. The molecular formula is C14H21ClN4O. The summed E-state index contributed by atoms with van der Waals surface area (Å²) >= 11 is 6.28. The fraction of sp³-hybridized carbons (Fsp3) is 0.714. The van der Waals surface area contributed by atoms with Crippen LogP contribution in [-0.4, -0.2) is 43.3 Å². The first kappa shape index (κ1) is 13.9. The molecule has 3 rings (SSSR count). The Labute approximate surface area is 124 Å². The molecule has 1 aromatic rings. The van der Waals surface area contributed by atoms with Crippen LogP contribution in [0.4, 0.5) is 5.82 Å². The number of aromatic nitrogens is 2. The van der Waals surface area contributed by atoms with E-state index in [-0.39, 0.29) is 0 Å². The normalized spacial score (nSPS) is 26.8. The van der Waals surface area contributed by atoms with Crippen molar-refractivity contribution in [1.82, 2.24) is 15.3 Å². The van der Waals surface area contributed by atoms with Gasteiger partial charge in [0, 0.05) is 25.0 Å². The lowest BCUT2D eigenvalue weighted by Gasteiger charge is -2.46. The topological polar surface area (TPSA) is 50.3 Å². The van der Waals surface area contributed by atoms with Crippen molar-refractivity contribution >= 4 is 17.4 Å². The van der Waals surface area contributed by atoms with Crippen molar-refractivity contribution in [2.45, 2.75) is 25.7 Å². The van der Waals surface area contributed by atoms with E-state index >= 15 is 0 Å². The van der Waals surface area contributed by atoms with Gasteiger partial charge in [0.15, 0.2) is 5.82 Å². The number of hydrogen-bond acceptors (Lipinski definition) is 5. The molecule has 2 fully saturated rings. The molecule has 1 spiro atoms. The summed E-state index contributed by atoms with van der Waals surface area (Å²) in [5.41, 5.74) is 0.373. The van der Waals surface area contributed by atoms with Gasteiger partial charge in [-0.2, -0.15) is 4.98 Å². The van der Waals surface area contributed by atoms with Crippen LogP contribution in [0.1, 0.15) is 25.7 Å². The minimum Gasteiger partial charge on any atom is -0.467 e. The molecule has 0 aliphatic carbocycles. The average molecular weight is 297 g/mol. The lowest BCUT2D eigenvalue weighted by molar-refractivity contribution is 0.172. The van der Waals surface area contributed by atoms with E-state index in [2.05, 4.69) is 20.2 Å². The summed E-state index contributed by atoms with van der Waals surface area (Å²) in [7, 11) is 1.58. The number of hydrogen-bond donors (Lipinski definition) is 1. The summed E-state index contributed by atoms with van der Waals surface area (Å²) in [6.45, 7) is 4.26. The van der Waals surface area contributed by atoms with E-state index in [4.69, 9.17) is 16.3 Å². The van der Waals surface area contributed by atoms with Crippen LogP contribution in [0.25, 0.3) is 0 Å². The Hall–Kier alpha value is -1.07. The highest BCUT2D eigenvalue weighted by molar-refractivity contribution is 6.32. The first-order chi connectivity index (χ1) is 9.72. The van der Waals surface area contributed by atoms with Gasteiger partial charge in [-0.15, -0.1) is 0 Å². The molecule has 2 aliphatic rings. The van der Waals surface area contributed by atoms with Gasteiger partial charge in [-0.25, -0.2) is 4.98 Å². The van der Waals surface area contributed by atoms with E-state index in [0.29, 0.717) is 16.4 Å². The van der Waals surface area contributed by atoms with Crippen molar-refractivity contribution < 1.29 is 4.74 Å². The first-order valence-electron chi connectivity index (χ1n) is 7.25. The number of nitrogens with one attached hydrogen (secondary N) is 1. The van der Waals surface area contributed by atoms with Gasteiger partial charge in [0.2, 0.25) is 0 Å². The van der Waals surface area contributed by atoms with Crippen LogP contribution in [0.2, 0.25) is 5.02 Å². The van der Waals surface area contributed by atoms with E-state index in [1.807, 2.05) is 0 Å². The van der Waals surface area contributed by atoms with Crippen molar-refractivity contribution in [2.75, 3.05) is 38.2 Å². The standard InChI is InChI=1S/C14H21ClN4O/c1-20-13-17-8-11(15)12(18-13)19-7-3-5-14(10-19)4-2-6-16-9-14/h8,16H,2-7,9-10H2,1H3. The highest BCUT2D eigenvalue weighted by atomic mass is 35.5. The summed E-state index contributed by atoms with van der Waals surface area (Å²) < 4.78 is 5.12. The molecule has 0 aromatic carbocycles. The van der Waals surface area contributed by atoms with Crippen molar-refractivity contribution in [3.8, 4) is 6.01 Å². The molecule has 0 radical (unpaired) electrons. The van der Waals surface area contributed by atoms with Crippen LogP contribution in [0.3, 0.4) is 0 Å². The predicted octanol–water partition coefficient (Wildman–Crippen LogP) is 2.11. The van der Waals surface area contributed by atoms with Crippen molar-refractivity contribution in [2.24, 2.45) is 5.41 Å². The Balaban J connectivity index is 1.82. The number of ether oxygens (including phenoxy) is 1. The monoisotopic (exact) mass is 296 g/mol. The van der Waals surface area contributed by atoms with Gasteiger partial charge in [0.25, 0.3) is 0 Å². The zero-order chi connectivity index (χ0) is 14.0. The fourth-order valence-electron chi connectivity index (χ4n) is 3.43. The molecule has 6 heteroatoms. The largest absolute Gasteiger partial charge is 0.467 e. The molecule has 110 valence electrons. The van der Waals surface area contributed by atoms with Gasteiger partial charge in [-0.1, -0.05) is 11.6 Å². The van der Waals surface area contributed by atoms with Crippen molar-refractivity contribution in [3.63, 3.8) is 0 Å². The van der Waals surface area contributed by atoms with Crippen LogP contribution in [0, 0.1) is 5.41 Å². The minimum absolute atomic E-state index is 0.373. The molecule has 0 bridgehead atoms. The molecule has 2 saturated heterocycles. The molecule has 0 saturated carbocycles. The Morgan fingerprint density at radius 2 is 2.25 bits per heavy atom.